The lowest BCUT2D eigenvalue weighted by molar-refractivity contribution is -0.131. The highest BCUT2D eigenvalue weighted by atomic mass is 32.2. The van der Waals surface area contributed by atoms with Crippen LogP contribution in [0.25, 0.3) is 16.7 Å². The summed E-state index contributed by atoms with van der Waals surface area (Å²) in [7, 11) is -3.69. The van der Waals surface area contributed by atoms with E-state index in [-0.39, 0.29) is 12.2 Å². The Kier molecular flexibility index (Phi) is 6.83. The number of nitrogens with one attached hydrogen (secondary N) is 1. The standard InChI is InChI=1S/C23H28N2O5S/c1-23(22(27)24-28,31(2,29)30)13-16-25-14-11-20(12-15-25)18-5-3-17(4-6-18)19-7-9-21(26)10-8-19/h3-11,26,28H,12-16H2,1-2H3,(H,24,27). The first kappa shape index (κ1) is 23.0. The number of rotatable bonds is 7. The number of phenols is 1. The van der Waals surface area contributed by atoms with Gasteiger partial charge in [-0.25, -0.2) is 13.9 Å². The second-order valence-corrected chi connectivity index (χ2v) is 10.5. The Morgan fingerprint density at radius 1 is 1.06 bits per heavy atom. The summed E-state index contributed by atoms with van der Waals surface area (Å²) >= 11 is 0. The lowest BCUT2D eigenvalue weighted by Gasteiger charge is -2.31. The molecular weight excluding hydrogens is 416 g/mol. The molecule has 31 heavy (non-hydrogen) atoms. The molecule has 8 heteroatoms. The zero-order valence-corrected chi connectivity index (χ0v) is 18.5. The zero-order valence-electron chi connectivity index (χ0n) is 17.7. The fourth-order valence-electron chi connectivity index (χ4n) is 3.66. The van der Waals surface area contributed by atoms with E-state index in [0.717, 1.165) is 35.9 Å². The van der Waals surface area contributed by atoms with Crippen LogP contribution in [-0.2, 0) is 14.6 Å². The van der Waals surface area contributed by atoms with Crippen molar-refractivity contribution in [2.75, 3.05) is 25.9 Å². The number of hydrogen-bond donors (Lipinski definition) is 3. The maximum atomic E-state index is 12.1. The van der Waals surface area contributed by atoms with Gasteiger partial charge in [-0.05, 0) is 54.2 Å². The Morgan fingerprint density at radius 3 is 2.10 bits per heavy atom. The lowest BCUT2D eigenvalue weighted by Crippen LogP contribution is -2.51. The van der Waals surface area contributed by atoms with Gasteiger partial charge >= 0.3 is 0 Å². The Bertz CT molecular complexity index is 1060. The fourth-order valence-corrected chi connectivity index (χ4v) is 4.51. The van der Waals surface area contributed by atoms with Gasteiger partial charge in [-0.15, -0.1) is 0 Å². The minimum absolute atomic E-state index is 0.0999. The van der Waals surface area contributed by atoms with E-state index in [1.54, 1.807) is 12.1 Å². The average Bonchev–Trinajstić information content (AvgIpc) is 2.77. The molecule has 1 aliphatic rings. The fraction of sp³-hybridized carbons (Fsp3) is 0.348. The van der Waals surface area contributed by atoms with Crippen molar-refractivity contribution in [3.8, 4) is 16.9 Å². The maximum absolute atomic E-state index is 12.1. The van der Waals surface area contributed by atoms with Crippen molar-refractivity contribution in [2.24, 2.45) is 0 Å². The molecule has 0 aromatic heterocycles. The monoisotopic (exact) mass is 444 g/mol. The van der Waals surface area contributed by atoms with Crippen molar-refractivity contribution in [3.05, 3.63) is 60.2 Å². The van der Waals surface area contributed by atoms with Gasteiger partial charge in [0.05, 0.1) is 0 Å². The van der Waals surface area contributed by atoms with Crippen LogP contribution in [-0.4, -0.2) is 60.2 Å². The molecule has 0 bridgehead atoms. The van der Waals surface area contributed by atoms with Crippen LogP contribution in [0.4, 0.5) is 0 Å². The van der Waals surface area contributed by atoms with Crippen LogP contribution >= 0.6 is 0 Å². The Labute approximate surface area is 182 Å². The first-order valence-electron chi connectivity index (χ1n) is 10.1. The lowest BCUT2D eigenvalue weighted by atomic mass is 9.96. The maximum Gasteiger partial charge on any atom is 0.264 e. The van der Waals surface area contributed by atoms with E-state index in [9.17, 15) is 18.3 Å². The highest BCUT2D eigenvalue weighted by molar-refractivity contribution is 7.92. The predicted octanol–water partition coefficient (Wildman–Crippen LogP) is 2.85. The second kappa shape index (κ2) is 9.21. The second-order valence-electron chi connectivity index (χ2n) is 8.10. The zero-order chi connectivity index (χ0) is 22.6. The van der Waals surface area contributed by atoms with Crippen molar-refractivity contribution in [3.63, 3.8) is 0 Å². The van der Waals surface area contributed by atoms with Crippen molar-refractivity contribution >= 4 is 21.3 Å². The van der Waals surface area contributed by atoms with Crippen molar-refractivity contribution < 1.29 is 23.5 Å². The SMILES string of the molecule is CC(CCN1CC=C(c2ccc(-c3ccc(O)cc3)cc2)CC1)(C(=O)NO)S(C)(=O)=O. The molecule has 0 saturated carbocycles. The van der Waals surface area contributed by atoms with E-state index in [2.05, 4.69) is 35.2 Å². The molecule has 1 heterocycles. The summed E-state index contributed by atoms with van der Waals surface area (Å²) in [5.41, 5.74) is 5.97. The van der Waals surface area contributed by atoms with Crippen LogP contribution in [0.3, 0.4) is 0 Å². The molecule has 7 nitrogen and oxygen atoms in total. The molecule has 1 aliphatic heterocycles. The highest BCUT2D eigenvalue weighted by Crippen LogP contribution is 2.28. The first-order valence-corrected chi connectivity index (χ1v) is 12.0. The third kappa shape index (κ3) is 5.15. The summed E-state index contributed by atoms with van der Waals surface area (Å²) in [4.78, 5) is 14.1. The quantitative estimate of drug-likeness (QED) is 0.448. The number of benzene rings is 2. The Hall–Kier alpha value is -2.68. The number of hydroxylamine groups is 1. The number of aromatic hydroxyl groups is 1. The van der Waals surface area contributed by atoms with Gasteiger partial charge < -0.3 is 5.11 Å². The van der Waals surface area contributed by atoms with E-state index in [0.29, 0.717) is 13.1 Å². The van der Waals surface area contributed by atoms with Gasteiger partial charge in [0, 0.05) is 25.9 Å². The summed E-state index contributed by atoms with van der Waals surface area (Å²) in [6.07, 6.45) is 4.06. The summed E-state index contributed by atoms with van der Waals surface area (Å²) in [5, 5.41) is 18.4. The van der Waals surface area contributed by atoms with Crippen LogP contribution in [0.1, 0.15) is 25.3 Å². The third-order valence-electron chi connectivity index (χ3n) is 6.05. The number of nitrogens with zero attached hydrogens (tertiary/aromatic N) is 1. The molecule has 0 spiro atoms. The minimum atomic E-state index is -3.69. The molecule has 1 amide bonds. The van der Waals surface area contributed by atoms with Gasteiger partial charge in [0.2, 0.25) is 0 Å². The normalized spacial score (nSPS) is 16.9. The van der Waals surface area contributed by atoms with Crippen LogP contribution in [0.15, 0.2) is 54.6 Å². The van der Waals surface area contributed by atoms with Crippen LogP contribution in [0.5, 0.6) is 5.75 Å². The van der Waals surface area contributed by atoms with E-state index in [1.807, 2.05) is 12.1 Å². The van der Waals surface area contributed by atoms with Gasteiger partial charge in [-0.2, -0.15) is 0 Å². The number of hydrogen-bond acceptors (Lipinski definition) is 6. The number of sulfone groups is 1. The Balaban J connectivity index is 1.63. The van der Waals surface area contributed by atoms with E-state index in [1.165, 1.54) is 18.0 Å². The molecule has 1 atom stereocenters. The molecule has 2 aromatic rings. The van der Waals surface area contributed by atoms with Crippen molar-refractivity contribution in [1.82, 2.24) is 10.4 Å². The molecule has 3 N–H and O–H groups in total. The molecule has 0 radical (unpaired) electrons. The average molecular weight is 445 g/mol. The number of amides is 1. The predicted molar refractivity (Wildman–Crippen MR) is 120 cm³/mol. The molecule has 1 unspecified atom stereocenters. The van der Waals surface area contributed by atoms with Crippen LogP contribution < -0.4 is 5.48 Å². The van der Waals surface area contributed by atoms with Crippen molar-refractivity contribution in [2.45, 2.75) is 24.5 Å². The largest absolute Gasteiger partial charge is 0.508 e. The molecule has 0 saturated heterocycles. The smallest absolute Gasteiger partial charge is 0.264 e. The summed E-state index contributed by atoms with van der Waals surface area (Å²) in [6.45, 7) is 3.19. The molecule has 0 fully saturated rings. The van der Waals surface area contributed by atoms with Gasteiger partial charge in [0.15, 0.2) is 14.6 Å². The summed E-state index contributed by atoms with van der Waals surface area (Å²) in [6, 6.07) is 15.4. The highest BCUT2D eigenvalue weighted by Gasteiger charge is 2.43. The number of carbonyl (C=O) groups is 1. The number of carbonyl (C=O) groups excluding carboxylic acids is 1. The number of phenolic OH excluding ortho intramolecular Hbond substituents is 1. The topological polar surface area (TPSA) is 107 Å². The van der Waals surface area contributed by atoms with Gasteiger partial charge in [-0.1, -0.05) is 42.5 Å². The van der Waals surface area contributed by atoms with Crippen LogP contribution in [0, 0.1) is 0 Å². The van der Waals surface area contributed by atoms with E-state index >= 15 is 0 Å². The van der Waals surface area contributed by atoms with Crippen molar-refractivity contribution in [1.29, 1.82) is 0 Å². The minimum Gasteiger partial charge on any atom is -0.508 e. The first-order chi connectivity index (χ1) is 14.6. The summed E-state index contributed by atoms with van der Waals surface area (Å²) in [5.74, 6) is -0.664. The Morgan fingerprint density at radius 2 is 1.61 bits per heavy atom. The molecule has 2 aromatic carbocycles. The van der Waals surface area contributed by atoms with Gasteiger partial charge in [-0.3, -0.25) is 14.9 Å². The van der Waals surface area contributed by atoms with Crippen LogP contribution in [0.2, 0.25) is 0 Å². The van der Waals surface area contributed by atoms with Gasteiger partial charge in [0.1, 0.15) is 5.75 Å². The molecule has 166 valence electrons. The van der Waals surface area contributed by atoms with Gasteiger partial charge in [0.25, 0.3) is 5.91 Å². The van der Waals surface area contributed by atoms with E-state index in [4.69, 9.17) is 5.21 Å². The molecule has 0 aliphatic carbocycles. The third-order valence-corrected chi connectivity index (χ3v) is 8.08. The molecule has 3 rings (SSSR count). The van der Waals surface area contributed by atoms with E-state index < -0.39 is 20.5 Å². The molecular formula is C23H28N2O5S. The summed E-state index contributed by atoms with van der Waals surface area (Å²) < 4.78 is 22.5.